The SMILES string of the molecule is CC[C@@H](c1ccc(O[Si](C)(C)C)cc1)N1CCNCC1. The van der Waals surface area contributed by atoms with Crippen molar-refractivity contribution >= 4 is 8.32 Å². The number of hydrogen-bond acceptors (Lipinski definition) is 3. The highest BCUT2D eigenvalue weighted by molar-refractivity contribution is 6.70. The number of nitrogens with zero attached hydrogens (tertiary/aromatic N) is 1. The van der Waals surface area contributed by atoms with Crippen molar-refractivity contribution in [2.24, 2.45) is 0 Å². The summed E-state index contributed by atoms with van der Waals surface area (Å²) in [5.41, 5.74) is 1.41. The van der Waals surface area contributed by atoms with Gasteiger partial charge in [0.05, 0.1) is 0 Å². The third-order valence-electron chi connectivity index (χ3n) is 3.67. The van der Waals surface area contributed by atoms with E-state index in [0.717, 1.165) is 38.3 Å². The minimum atomic E-state index is -1.50. The van der Waals surface area contributed by atoms with E-state index >= 15 is 0 Å². The molecule has 112 valence electrons. The average molecular weight is 292 g/mol. The lowest BCUT2D eigenvalue weighted by atomic mass is 10.0. The van der Waals surface area contributed by atoms with Crippen molar-refractivity contribution in [3.05, 3.63) is 29.8 Å². The van der Waals surface area contributed by atoms with Gasteiger partial charge >= 0.3 is 0 Å². The first-order chi connectivity index (χ1) is 9.49. The molecule has 0 radical (unpaired) electrons. The standard InChI is InChI=1S/C16H28N2OSi/c1-5-16(18-12-10-17-11-13-18)14-6-8-15(9-7-14)19-20(2,3)4/h6-9,16-17H,5,10-13H2,1-4H3/t16-/m0/s1. The molecule has 0 amide bonds. The summed E-state index contributed by atoms with van der Waals surface area (Å²) in [5.74, 6) is 1.02. The van der Waals surface area contributed by atoms with E-state index in [-0.39, 0.29) is 0 Å². The number of benzene rings is 1. The molecule has 0 unspecified atom stereocenters. The van der Waals surface area contributed by atoms with Crippen LogP contribution in [-0.4, -0.2) is 39.4 Å². The smallest absolute Gasteiger partial charge is 0.242 e. The first kappa shape index (κ1) is 15.5. The van der Waals surface area contributed by atoms with Gasteiger partial charge in [-0.05, 0) is 43.8 Å². The van der Waals surface area contributed by atoms with Gasteiger partial charge in [-0.3, -0.25) is 4.90 Å². The Labute approximate surface area is 124 Å². The van der Waals surface area contributed by atoms with Gasteiger partial charge in [0.2, 0.25) is 8.32 Å². The van der Waals surface area contributed by atoms with Crippen LogP contribution in [-0.2, 0) is 0 Å². The van der Waals surface area contributed by atoms with Crippen molar-refractivity contribution in [3.8, 4) is 5.75 Å². The summed E-state index contributed by atoms with van der Waals surface area (Å²) in [5, 5.41) is 3.42. The minimum Gasteiger partial charge on any atom is -0.544 e. The van der Waals surface area contributed by atoms with E-state index in [2.05, 4.69) is 61.0 Å². The highest BCUT2D eigenvalue weighted by atomic mass is 28.4. The highest BCUT2D eigenvalue weighted by Gasteiger charge is 2.21. The molecule has 3 nitrogen and oxygen atoms in total. The molecule has 20 heavy (non-hydrogen) atoms. The molecule has 1 aromatic rings. The Bertz CT molecular complexity index is 407. The Morgan fingerprint density at radius 1 is 1.15 bits per heavy atom. The summed E-state index contributed by atoms with van der Waals surface area (Å²) in [6, 6.07) is 9.30. The van der Waals surface area contributed by atoms with Gasteiger partial charge in [0.25, 0.3) is 0 Å². The Kier molecular flexibility index (Phi) is 5.24. The molecule has 1 atom stereocenters. The number of hydrogen-bond donors (Lipinski definition) is 1. The first-order valence-corrected chi connectivity index (χ1v) is 11.1. The molecular weight excluding hydrogens is 264 g/mol. The Balaban J connectivity index is 2.06. The molecule has 1 N–H and O–H groups in total. The molecule has 1 aliphatic heterocycles. The summed E-state index contributed by atoms with van der Waals surface area (Å²) in [6.07, 6.45) is 1.16. The predicted molar refractivity (Wildman–Crippen MR) is 87.9 cm³/mol. The maximum absolute atomic E-state index is 6.03. The fourth-order valence-corrected chi connectivity index (χ4v) is 3.65. The molecule has 1 aromatic carbocycles. The zero-order valence-electron chi connectivity index (χ0n) is 13.3. The average Bonchev–Trinajstić information content (AvgIpc) is 2.41. The van der Waals surface area contributed by atoms with Gasteiger partial charge in [-0.2, -0.15) is 0 Å². The third-order valence-corrected chi connectivity index (χ3v) is 4.52. The third kappa shape index (κ3) is 4.33. The summed E-state index contributed by atoms with van der Waals surface area (Å²) in [6.45, 7) is 13.4. The van der Waals surface area contributed by atoms with E-state index in [1.165, 1.54) is 5.56 Å². The monoisotopic (exact) mass is 292 g/mol. The van der Waals surface area contributed by atoms with Crippen LogP contribution in [0.4, 0.5) is 0 Å². The van der Waals surface area contributed by atoms with Gasteiger partial charge < -0.3 is 9.74 Å². The van der Waals surface area contributed by atoms with Crippen molar-refractivity contribution in [1.82, 2.24) is 10.2 Å². The molecule has 0 bridgehead atoms. The zero-order valence-corrected chi connectivity index (χ0v) is 14.3. The van der Waals surface area contributed by atoms with Crippen molar-refractivity contribution in [1.29, 1.82) is 0 Å². The van der Waals surface area contributed by atoms with E-state index < -0.39 is 8.32 Å². The summed E-state index contributed by atoms with van der Waals surface area (Å²) >= 11 is 0. The van der Waals surface area contributed by atoms with Crippen LogP contribution in [0.3, 0.4) is 0 Å². The molecule has 1 heterocycles. The van der Waals surface area contributed by atoms with Crippen LogP contribution in [0.1, 0.15) is 24.9 Å². The summed E-state index contributed by atoms with van der Waals surface area (Å²) in [7, 11) is -1.50. The van der Waals surface area contributed by atoms with E-state index in [4.69, 9.17) is 4.43 Å². The molecule has 1 saturated heterocycles. The number of rotatable bonds is 5. The van der Waals surface area contributed by atoms with E-state index in [0.29, 0.717) is 6.04 Å². The van der Waals surface area contributed by atoms with Crippen LogP contribution in [0.2, 0.25) is 19.6 Å². The molecular formula is C16H28N2OSi. The van der Waals surface area contributed by atoms with Gasteiger partial charge in [0.15, 0.2) is 0 Å². The van der Waals surface area contributed by atoms with Crippen molar-refractivity contribution in [2.75, 3.05) is 26.2 Å². The van der Waals surface area contributed by atoms with Gasteiger partial charge in [-0.25, -0.2) is 0 Å². The van der Waals surface area contributed by atoms with Crippen LogP contribution < -0.4 is 9.74 Å². The van der Waals surface area contributed by atoms with E-state index in [1.54, 1.807) is 0 Å². The molecule has 1 fully saturated rings. The Hall–Kier alpha value is -0.843. The Morgan fingerprint density at radius 2 is 1.75 bits per heavy atom. The molecule has 0 spiro atoms. The number of nitrogens with one attached hydrogen (secondary N) is 1. The molecule has 0 aliphatic carbocycles. The lowest BCUT2D eigenvalue weighted by molar-refractivity contribution is 0.169. The topological polar surface area (TPSA) is 24.5 Å². The fraction of sp³-hybridized carbons (Fsp3) is 0.625. The van der Waals surface area contributed by atoms with Crippen molar-refractivity contribution in [3.63, 3.8) is 0 Å². The van der Waals surface area contributed by atoms with E-state index in [1.807, 2.05) is 0 Å². The fourth-order valence-electron chi connectivity index (χ4n) is 2.81. The van der Waals surface area contributed by atoms with Gasteiger partial charge in [0, 0.05) is 32.2 Å². The largest absolute Gasteiger partial charge is 0.544 e. The maximum atomic E-state index is 6.03. The second-order valence-electron chi connectivity index (χ2n) is 6.49. The molecule has 0 aromatic heterocycles. The van der Waals surface area contributed by atoms with Crippen molar-refractivity contribution in [2.45, 2.75) is 39.0 Å². The van der Waals surface area contributed by atoms with Crippen LogP contribution in [0.5, 0.6) is 5.75 Å². The van der Waals surface area contributed by atoms with Crippen LogP contribution in [0, 0.1) is 0 Å². The number of piperazine rings is 1. The van der Waals surface area contributed by atoms with Crippen LogP contribution in [0.15, 0.2) is 24.3 Å². The highest BCUT2D eigenvalue weighted by Crippen LogP contribution is 2.27. The zero-order chi connectivity index (χ0) is 14.6. The second kappa shape index (κ2) is 6.74. The van der Waals surface area contributed by atoms with Crippen LogP contribution >= 0.6 is 0 Å². The minimum absolute atomic E-state index is 0.540. The maximum Gasteiger partial charge on any atom is 0.242 e. The molecule has 4 heteroatoms. The molecule has 0 saturated carbocycles. The Morgan fingerprint density at radius 3 is 2.25 bits per heavy atom. The molecule has 2 rings (SSSR count). The van der Waals surface area contributed by atoms with Gasteiger partial charge in [-0.1, -0.05) is 19.1 Å². The normalized spacial score (nSPS) is 18.8. The van der Waals surface area contributed by atoms with Gasteiger partial charge in [-0.15, -0.1) is 0 Å². The quantitative estimate of drug-likeness (QED) is 0.843. The summed E-state index contributed by atoms with van der Waals surface area (Å²) < 4.78 is 6.03. The van der Waals surface area contributed by atoms with Crippen molar-refractivity contribution < 1.29 is 4.43 Å². The molecule has 1 aliphatic rings. The second-order valence-corrected chi connectivity index (χ2v) is 10.9. The summed E-state index contributed by atoms with van der Waals surface area (Å²) in [4.78, 5) is 2.59. The lowest BCUT2D eigenvalue weighted by Crippen LogP contribution is -2.45. The first-order valence-electron chi connectivity index (χ1n) is 7.73. The lowest BCUT2D eigenvalue weighted by Gasteiger charge is -2.34. The van der Waals surface area contributed by atoms with Gasteiger partial charge in [0.1, 0.15) is 5.75 Å². The predicted octanol–water partition coefficient (Wildman–Crippen LogP) is 3.26. The van der Waals surface area contributed by atoms with E-state index in [9.17, 15) is 0 Å². The van der Waals surface area contributed by atoms with Crippen LogP contribution in [0.25, 0.3) is 0 Å².